The summed E-state index contributed by atoms with van der Waals surface area (Å²) in [6.45, 7) is 5.10. The highest BCUT2D eigenvalue weighted by atomic mass is 16.5. The molecule has 0 heterocycles. The van der Waals surface area contributed by atoms with Gasteiger partial charge in [-0.2, -0.15) is 0 Å². The first-order valence-corrected chi connectivity index (χ1v) is 7.15. The van der Waals surface area contributed by atoms with Gasteiger partial charge in [-0.3, -0.25) is 0 Å². The van der Waals surface area contributed by atoms with Crippen molar-refractivity contribution in [1.29, 1.82) is 0 Å². The Labute approximate surface area is 116 Å². The van der Waals surface area contributed by atoms with Crippen molar-refractivity contribution in [1.82, 2.24) is 0 Å². The average molecular weight is 266 g/mol. The van der Waals surface area contributed by atoms with Crippen LogP contribution in [-0.2, 0) is 6.61 Å². The zero-order valence-electron chi connectivity index (χ0n) is 12.3. The van der Waals surface area contributed by atoms with Crippen LogP contribution in [0.2, 0.25) is 0 Å². The molecule has 0 radical (unpaired) electrons. The summed E-state index contributed by atoms with van der Waals surface area (Å²) in [5.74, 6) is 2.10. The first-order valence-electron chi connectivity index (χ1n) is 7.15. The topological polar surface area (TPSA) is 38.7 Å². The fourth-order valence-electron chi connectivity index (χ4n) is 2.05. The zero-order valence-corrected chi connectivity index (χ0v) is 12.3. The Morgan fingerprint density at radius 1 is 1.26 bits per heavy atom. The molecule has 0 saturated carbocycles. The molecule has 0 aliphatic carbocycles. The van der Waals surface area contributed by atoms with Crippen LogP contribution in [0.15, 0.2) is 18.2 Å². The van der Waals surface area contributed by atoms with E-state index in [0.29, 0.717) is 5.92 Å². The number of unbranched alkanes of at least 4 members (excludes halogenated alkanes) is 1. The van der Waals surface area contributed by atoms with Crippen LogP contribution in [0.3, 0.4) is 0 Å². The first kappa shape index (κ1) is 15.8. The molecule has 0 bridgehead atoms. The molecule has 0 fully saturated rings. The number of hydrogen-bond acceptors (Lipinski definition) is 3. The lowest BCUT2D eigenvalue weighted by Gasteiger charge is -2.17. The molecule has 0 aromatic heterocycles. The van der Waals surface area contributed by atoms with Gasteiger partial charge in [0.2, 0.25) is 0 Å². The molecular weight excluding hydrogens is 240 g/mol. The number of ether oxygens (including phenoxy) is 2. The Kier molecular flexibility index (Phi) is 7.34. The van der Waals surface area contributed by atoms with Gasteiger partial charge in [-0.05, 0) is 30.5 Å². The normalized spacial score (nSPS) is 12.2. The zero-order chi connectivity index (χ0) is 14.1. The quantitative estimate of drug-likeness (QED) is 0.739. The van der Waals surface area contributed by atoms with Gasteiger partial charge in [0, 0.05) is 5.56 Å². The lowest BCUT2D eigenvalue weighted by Crippen LogP contribution is -2.12. The van der Waals surface area contributed by atoms with Crippen LogP contribution in [0, 0.1) is 5.92 Å². The van der Waals surface area contributed by atoms with Crippen molar-refractivity contribution in [2.45, 2.75) is 46.1 Å². The van der Waals surface area contributed by atoms with E-state index in [9.17, 15) is 5.11 Å². The number of methoxy groups -OCH3 is 1. The van der Waals surface area contributed by atoms with Gasteiger partial charge in [-0.15, -0.1) is 0 Å². The maximum atomic E-state index is 9.37. The van der Waals surface area contributed by atoms with Gasteiger partial charge in [0.05, 0.1) is 20.3 Å². The predicted molar refractivity (Wildman–Crippen MR) is 77.7 cm³/mol. The molecule has 0 amide bonds. The van der Waals surface area contributed by atoms with Crippen molar-refractivity contribution in [2.24, 2.45) is 5.92 Å². The van der Waals surface area contributed by atoms with E-state index in [1.165, 1.54) is 19.3 Å². The molecule has 0 saturated heterocycles. The summed E-state index contributed by atoms with van der Waals surface area (Å²) in [6.07, 6.45) is 4.81. The van der Waals surface area contributed by atoms with Crippen molar-refractivity contribution in [3.8, 4) is 11.5 Å². The smallest absolute Gasteiger partial charge is 0.125 e. The highest BCUT2D eigenvalue weighted by molar-refractivity contribution is 5.39. The van der Waals surface area contributed by atoms with E-state index >= 15 is 0 Å². The molecule has 1 rings (SSSR count). The molecule has 1 atom stereocenters. The van der Waals surface area contributed by atoms with E-state index < -0.39 is 0 Å². The van der Waals surface area contributed by atoms with Crippen LogP contribution in [0.5, 0.6) is 11.5 Å². The van der Waals surface area contributed by atoms with Gasteiger partial charge in [0.15, 0.2) is 0 Å². The minimum atomic E-state index is -0.0295. The predicted octanol–water partition coefficient (Wildman–Crippen LogP) is 3.78. The van der Waals surface area contributed by atoms with E-state index in [1.54, 1.807) is 7.11 Å². The minimum absolute atomic E-state index is 0.0295. The number of rotatable bonds is 9. The third-order valence-electron chi connectivity index (χ3n) is 3.46. The van der Waals surface area contributed by atoms with Gasteiger partial charge in [-0.1, -0.05) is 33.1 Å². The van der Waals surface area contributed by atoms with Crippen LogP contribution in [0.25, 0.3) is 0 Å². The summed E-state index contributed by atoms with van der Waals surface area (Å²) in [5.41, 5.74) is 0.782. The van der Waals surface area contributed by atoms with Gasteiger partial charge in [0.25, 0.3) is 0 Å². The van der Waals surface area contributed by atoms with Crippen molar-refractivity contribution >= 4 is 0 Å². The Morgan fingerprint density at radius 2 is 2.05 bits per heavy atom. The Bertz CT molecular complexity index is 363. The Hall–Kier alpha value is -1.22. The highest BCUT2D eigenvalue weighted by Crippen LogP contribution is 2.25. The SMILES string of the molecule is CCCCC(CC)COc1ccc(OC)cc1CO. The lowest BCUT2D eigenvalue weighted by molar-refractivity contribution is 0.220. The minimum Gasteiger partial charge on any atom is -0.497 e. The summed E-state index contributed by atoms with van der Waals surface area (Å²) in [6, 6.07) is 5.56. The summed E-state index contributed by atoms with van der Waals surface area (Å²) in [7, 11) is 1.62. The van der Waals surface area contributed by atoms with Crippen molar-refractivity contribution < 1.29 is 14.6 Å². The fourth-order valence-corrected chi connectivity index (χ4v) is 2.05. The Balaban J connectivity index is 2.60. The molecule has 108 valence electrons. The van der Waals surface area contributed by atoms with Gasteiger partial charge >= 0.3 is 0 Å². The second-order valence-electron chi connectivity index (χ2n) is 4.86. The molecule has 1 unspecified atom stereocenters. The maximum Gasteiger partial charge on any atom is 0.125 e. The van der Waals surface area contributed by atoms with Gasteiger partial charge in [0.1, 0.15) is 11.5 Å². The molecular formula is C16H26O3. The van der Waals surface area contributed by atoms with E-state index in [4.69, 9.17) is 9.47 Å². The van der Waals surface area contributed by atoms with E-state index in [0.717, 1.165) is 30.1 Å². The first-order chi connectivity index (χ1) is 9.24. The van der Waals surface area contributed by atoms with Crippen LogP contribution >= 0.6 is 0 Å². The van der Waals surface area contributed by atoms with Crippen LogP contribution in [-0.4, -0.2) is 18.8 Å². The van der Waals surface area contributed by atoms with Crippen molar-refractivity contribution in [3.05, 3.63) is 23.8 Å². The monoisotopic (exact) mass is 266 g/mol. The molecule has 3 nitrogen and oxygen atoms in total. The molecule has 0 aliphatic heterocycles. The molecule has 0 spiro atoms. The Morgan fingerprint density at radius 3 is 2.63 bits per heavy atom. The van der Waals surface area contributed by atoms with E-state index in [2.05, 4.69) is 13.8 Å². The standard InChI is InChI=1S/C16H26O3/c1-4-6-7-13(5-2)12-19-16-9-8-15(18-3)10-14(16)11-17/h8-10,13,17H,4-7,11-12H2,1-3H3. The number of benzene rings is 1. The summed E-state index contributed by atoms with van der Waals surface area (Å²) >= 11 is 0. The van der Waals surface area contributed by atoms with Gasteiger partial charge < -0.3 is 14.6 Å². The van der Waals surface area contributed by atoms with Gasteiger partial charge in [-0.25, -0.2) is 0 Å². The van der Waals surface area contributed by atoms with Crippen LogP contribution < -0.4 is 9.47 Å². The largest absolute Gasteiger partial charge is 0.497 e. The fraction of sp³-hybridized carbons (Fsp3) is 0.625. The van der Waals surface area contributed by atoms with Crippen molar-refractivity contribution in [2.75, 3.05) is 13.7 Å². The molecule has 1 aromatic carbocycles. The number of aliphatic hydroxyl groups excluding tert-OH is 1. The maximum absolute atomic E-state index is 9.37. The van der Waals surface area contributed by atoms with Crippen LogP contribution in [0.1, 0.15) is 45.1 Å². The lowest BCUT2D eigenvalue weighted by atomic mass is 10.0. The molecule has 1 aromatic rings. The van der Waals surface area contributed by atoms with Crippen LogP contribution in [0.4, 0.5) is 0 Å². The molecule has 1 N–H and O–H groups in total. The molecule has 0 aliphatic rings. The third kappa shape index (κ3) is 5.11. The molecule has 19 heavy (non-hydrogen) atoms. The summed E-state index contributed by atoms with van der Waals surface area (Å²) in [4.78, 5) is 0. The summed E-state index contributed by atoms with van der Waals surface area (Å²) in [5, 5.41) is 9.37. The molecule has 3 heteroatoms. The summed E-state index contributed by atoms with van der Waals surface area (Å²) < 4.78 is 11.0. The third-order valence-corrected chi connectivity index (χ3v) is 3.46. The second kappa shape index (κ2) is 8.81. The van der Waals surface area contributed by atoms with E-state index in [1.807, 2.05) is 18.2 Å². The van der Waals surface area contributed by atoms with Crippen molar-refractivity contribution in [3.63, 3.8) is 0 Å². The average Bonchev–Trinajstić information content (AvgIpc) is 2.47. The van der Waals surface area contributed by atoms with E-state index in [-0.39, 0.29) is 6.61 Å². The number of hydrogen-bond donors (Lipinski definition) is 1. The second-order valence-corrected chi connectivity index (χ2v) is 4.86. The highest BCUT2D eigenvalue weighted by Gasteiger charge is 2.10. The number of aliphatic hydroxyl groups is 1.